The molecule has 0 bridgehead atoms. The van der Waals surface area contributed by atoms with Crippen molar-refractivity contribution in [2.75, 3.05) is 13.7 Å². The standard InChI is InChI=1S/C16H19N3O3S/c1-11-6-15(22-3)16(7-12(11)2)23(20,21)19-5-4-14-13(9-19)8-17-10-18-14/h6-8,10H,4-5,9H2,1-3H3. The Hall–Kier alpha value is -1.99. The molecule has 1 aromatic carbocycles. The van der Waals surface area contributed by atoms with E-state index in [1.807, 2.05) is 13.8 Å². The Morgan fingerprint density at radius 2 is 1.96 bits per heavy atom. The van der Waals surface area contributed by atoms with E-state index in [9.17, 15) is 8.42 Å². The maximum absolute atomic E-state index is 13.0. The molecular formula is C16H19N3O3S. The average Bonchev–Trinajstić information content (AvgIpc) is 2.56. The number of ether oxygens (including phenoxy) is 1. The van der Waals surface area contributed by atoms with Crippen molar-refractivity contribution in [3.05, 3.63) is 47.0 Å². The molecule has 0 radical (unpaired) electrons. The van der Waals surface area contributed by atoms with E-state index in [0.717, 1.165) is 22.4 Å². The molecule has 0 fully saturated rings. The van der Waals surface area contributed by atoms with Gasteiger partial charge in [-0.1, -0.05) is 0 Å². The van der Waals surface area contributed by atoms with Gasteiger partial charge in [-0.05, 0) is 37.1 Å². The first kappa shape index (κ1) is 15.9. The lowest BCUT2D eigenvalue weighted by molar-refractivity contribution is 0.374. The van der Waals surface area contributed by atoms with E-state index >= 15 is 0 Å². The van der Waals surface area contributed by atoms with Crippen LogP contribution in [0, 0.1) is 13.8 Å². The van der Waals surface area contributed by atoms with Gasteiger partial charge in [-0.2, -0.15) is 4.31 Å². The molecule has 0 N–H and O–H groups in total. The van der Waals surface area contributed by atoms with E-state index in [2.05, 4.69) is 9.97 Å². The predicted octanol–water partition coefficient (Wildman–Crippen LogP) is 1.85. The van der Waals surface area contributed by atoms with Crippen LogP contribution in [0.5, 0.6) is 5.75 Å². The van der Waals surface area contributed by atoms with Crippen molar-refractivity contribution < 1.29 is 13.2 Å². The summed E-state index contributed by atoms with van der Waals surface area (Å²) in [5.41, 5.74) is 3.69. The molecule has 122 valence electrons. The minimum absolute atomic E-state index is 0.211. The number of aromatic nitrogens is 2. The van der Waals surface area contributed by atoms with E-state index in [-0.39, 0.29) is 11.4 Å². The highest BCUT2D eigenvalue weighted by Crippen LogP contribution is 2.31. The first-order valence-electron chi connectivity index (χ1n) is 7.36. The number of fused-ring (bicyclic) bond motifs is 1. The lowest BCUT2D eigenvalue weighted by Gasteiger charge is -2.27. The Kier molecular flexibility index (Phi) is 4.08. The second-order valence-corrected chi connectivity index (χ2v) is 7.58. The molecule has 6 nitrogen and oxygen atoms in total. The van der Waals surface area contributed by atoms with Gasteiger partial charge in [0.1, 0.15) is 17.0 Å². The van der Waals surface area contributed by atoms with Crippen molar-refractivity contribution in [3.8, 4) is 5.75 Å². The first-order chi connectivity index (χ1) is 10.9. The van der Waals surface area contributed by atoms with Gasteiger partial charge in [-0.15, -0.1) is 0 Å². The van der Waals surface area contributed by atoms with Crippen molar-refractivity contribution in [3.63, 3.8) is 0 Å². The molecule has 0 unspecified atom stereocenters. The summed E-state index contributed by atoms with van der Waals surface area (Å²) in [6.45, 7) is 4.52. The zero-order valence-corrected chi connectivity index (χ0v) is 14.2. The van der Waals surface area contributed by atoms with Crippen LogP contribution in [-0.2, 0) is 23.0 Å². The number of benzene rings is 1. The molecule has 0 aliphatic carbocycles. The van der Waals surface area contributed by atoms with Gasteiger partial charge in [-0.3, -0.25) is 0 Å². The van der Waals surface area contributed by atoms with Crippen LogP contribution in [-0.4, -0.2) is 36.3 Å². The molecule has 23 heavy (non-hydrogen) atoms. The molecule has 0 saturated heterocycles. The second-order valence-electron chi connectivity index (χ2n) is 5.67. The van der Waals surface area contributed by atoms with Crippen LogP contribution in [0.25, 0.3) is 0 Å². The van der Waals surface area contributed by atoms with Gasteiger partial charge in [-0.25, -0.2) is 18.4 Å². The summed E-state index contributed by atoms with van der Waals surface area (Å²) < 4.78 is 32.9. The summed E-state index contributed by atoms with van der Waals surface area (Å²) >= 11 is 0. The van der Waals surface area contributed by atoms with Gasteiger partial charge in [0.25, 0.3) is 0 Å². The molecule has 1 aliphatic heterocycles. The average molecular weight is 333 g/mol. The molecular weight excluding hydrogens is 314 g/mol. The predicted molar refractivity (Wildman–Crippen MR) is 85.8 cm³/mol. The number of nitrogens with zero attached hydrogens (tertiary/aromatic N) is 3. The quantitative estimate of drug-likeness (QED) is 0.857. The number of hydrogen-bond acceptors (Lipinski definition) is 5. The maximum Gasteiger partial charge on any atom is 0.247 e. The Bertz CT molecular complexity index is 850. The van der Waals surface area contributed by atoms with Crippen LogP contribution in [0.4, 0.5) is 0 Å². The van der Waals surface area contributed by atoms with Gasteiger partial charge >= 0.3 is 0 Å². The third-order valence-electron chi connectivity index (χ3n) is 4.22. The van der Waals surface area contributed by atoms with Crippen LogP contribution in [0.3, 0.4) is 0 Å². The topological polar surface area (TPSA) is 72.4 Å². The molecule has 3 rings (SSSR count). The first-order valence-corrected chi connectivity index (χ1v) is 8.80. The van der Waals surface area contributed by atoms with E-state index in [1.165, 1.54) is 17.7 Å². The molecule has 1 aromatic heterocycles. The van der Waals surface area contributed by atoms with Gasteiger partial charge in [0.05, 0.1) is 7.11 Å². The van der Waals surface area contributed by atoms with Crippen molar-refractivity contribution >= 4 is 10.0 Å². The second kappa shape index (κ2) is 5.90. The molecule has 0 atom stereocenters. The Morgan fingerprint density at radius 1 is 1.22 bits per heavy atom. The van der Waals surface area contributed by atoms with Crippen LogP contribution < -0.4 is 4.74 Å². The molecule has 2 heterocycles. The normalized spacial score (nSPS) is 15.3. The Balaban J connectivity index is 2.02. The molecule has 7 heteroatoms. The van der Waals surface area contributed by atoms with Crippen molar-refractivity contribution in [2.24, 2.45) is 0 Å². The lowest BCUT2D eigenvalue weighted by Crippen LogP contribution is -2.36. The lowest BCUT2D eigenvalue weighted by atomic mass is 10.1. The maximum atomic E-state index is 13.0. The fourth-order valence-electron chi connectivity index (χ4n) is 2.71. The summed E-state index contributed by atoms with van der Waals surface area (Å²) in [6.07, 6.45) is 3.77. The van der Waals surface area contributed by atoms with Crippen molar-refractivity contribution in [1.82, 2.24) is 14.3 Å². The summed E-state index contributed by atoms with van der Waals surface area (Å²) in [5.74, 6) is 0.378. The molecule has 1 aliphatic rings. The molecule has 0 spiro atoms. The minimum atomic E-state index is -3.63. The Morgan fingerprint density at radius 3 is 2.70 bits per heavy atom. The molecule has 0 amide bonds. The number of methoxy groups -OCH3 is 1. The highest BCUT2D eigenvalue weighted by Gasteiger charge is 2.31. The van der Waals surface area contributed by atoms with Crippen molar-refractivity contribution in [1.29, 1.82) is 0 Å². The van der Waals surface area contributed by atoms with Crippen LogP contribution in [0.15, 0.2) is 29.6 Å². The zero-order chi connectivity index (χ0) is 16.6. The SMILES string of the molecule is COc1cc(C)c(C)cc1S(=O)(=O)N1CCc2ncncc2C1. The van der Waals surface area contributed by atoms with Crippen LogP contribution in [0.2, 0.25) is 0 Å². The summed E-state index contributed by atoms with van der Waals surface area (Å²) in [6, 6.07) is 3.45. The largest absolute Gasteiger partial charge is 0.495 e. The highest BCUT2D eigenvalue weighted by atomic mass is 32.2. The van der Waals surface area contributed by atoms with Crippen LogP contribution in [0.1, 0.15) is 22.4 Å². The molecule has 2 aromatic rings. The number of sulfonamides is 1. The smallest absolute Gasteiger partial charge is 0.247 e. The fourth-order valence-corrected chi connectivity index (χ4v) is 4.35. The van der Waals surface area contributed by atoms with Gasteiger partial charge in [0.2, 0.25) is 10.0 Å². The third kappa shape index (κ3) is 2.82. The summed E-state index contributed by atoms with van der Waals surface area (Å²) in [4.78, 5) is 8.41. The van der Waals surface area contributed by atoms with Gasteiger partial charge in [0.15, 0.2) is 0 Å². The van der Waals surface area contributed by atoms with Gasteiger partial charge < -0.3 is 4.74 Å². The summed E-state index contributed by atoms with van der Waals surface area (Å²) in [7, 11) is -2.15. The van der Waals surface area contributed by atoms with E-state index in [0.29, 0.717) is 18.7 Å². The van der Waals surface area contributed by atoms with Gasteiger partial charge in [0, 0.05) is 37.0 Å². The number of aryl methyl sites for hydroxylation is 2. The number of hydrogen-bond donors (Lipinski definition) is 0. The van der Waals surface area contributed by atoms with E-state index in [1.54, 1.807) is 18.3 Å². The van der Waals surface area contributed by atoms with E-state index < -0.39 is 10.0 Å². The number of rotatable bonds is 3. The van der Waals surface area contributed by atoms with Crippen molar-refractivity contribution in [2.45, 2.75) is 31.7 Å². The van der Waals surface area contributed by atoms with Crippen LogP contribution >= 0.6 is 0 Å². The fraction of sp³-hybridized carbons (Fsp3) is 0.375. The highest BCUT2D eigenvalue weighted by molar-refractivity contribution is 7.89. The summed E-state index contributed by atoms with van der Waals surface area (Å²) in [5, 5.41) is 0. The molecule has 0 saturated carbocycles. The minimum Gasteiger partial charge on any atom is -0.495 e. The third-order valence-corrected chi connectivity index (χ3v) is 6.09. The monoisotopic (exact) mass is 333 g/mol. The van der Waals surface area contributed by atoms with E-state index in [4.69, 9.17) is 4.74 Å². The Labute approximate surface area is 136 Å². The zero-order valence-electron chi connectivity index (χ0n) is 13.4.